The summed E-state index contributed by atoms with van der Waals surface area (Å²) in [5.41, 5.74) is 2.84. The van der Waals surface area contributed by atoms with Gasteiger partial charge in [0.15, 0.2) is 0 Å². The number of hydrogen-bond acceptors (Lipinski definition) is 8. The first-order chi connectivity index (χ1) is 15.9. The van der Waals surface area contributed by atoms with Crippen LogP contribution in [0.2, 0.25) is 0 Å². The van der Waals surface area contributed by atoms with Crippen LogP contribution in [0.25, 0.3) is 21.9 Å². The molecule has 5 rings (SSSR count). The number of pyridine rings is 1. The molecule has 1 aliphatic heterocycles. The lowest BCUT2D eigenvalue weighted by molar-refractivity contribution is 0.0697. The van der Waals surface area contributed by atoms with Gasteiger partial charge in [0.2, 0.25) is 10.0 Å². The molecule has 170 valence electrons. The van der Waals surface area contributed by atoms with Crippen LogP contribution in [0.1, 0.15) is 16.1 Å². The first kappa shape index (κ1) is 21.7. The number of benzene rings is 2. The Morgan fingerprint density at radius 3 is 2.58 bits per heavy atom. The first-order valence-corrected chi connectivity index (χ1v) is 12.5. The Kier molecular flexibility index (Phi) is 5.47. The largest absolute Gasteiger partial charge is 0.497 e. The lowest BCUT2D eigenvalue weighted by Gasteiger charge is -2.34. The van der Waals surface area contributed by atoms with Crippen molar-refractivity contribution in [1.29, 1.82) is 0 Å². The summed E-state index contributed by atoms with van der Waals surface area (Å²) in [6, 6.07) is 12.3. The minimum absolute atomic E-state index is 0.151. The van der Waals surface area contributed by atoms with E-state index in [1.165, 1.54) is 4.31 Å². The number of aryl methyl sites for hydroxylation is 1. The van der Waals surface area contributed by atoms with Gasteiger partial charge in [-0.25, -0.2) is 8.42 Å². The second-order valence-electron chi connectivity index (χ2n) is 7.76. The van der Waals surface area contributed by atoms with Gasteiger partial charge >= 0.3 is 0 Å². The summed E-state index contributed by atoms with van der Waals surface area (Å²) in [5.74, 6) is 0.551. The molecule has 1 saturated heterocycles. The summed E-state index contributed by atoms with van der Waals surface area (Å²) < 4.78 is 41.4. The number of nitrogens with zero attached hydrogens (tertiary/aromatic N) is 5. The van der Waals surface area contributed by atoms with Crippen molar-refractivity contribution in [3.05, 3.63) is 53.7 Å². The van der Waals surface area contributed by atoms with Gasteiger partial charge in [-0.1, -0.05) is 6.07 Å². The molecule has 0 saturated carbocycles. The monoisotopic (exact) mass is 483 g/mol. The highest BCUT2D eigenvalue weighted by Crippen LogP contribution is 2.26. The van der Waals surface area contributed by atoms with Crippen molar-refractivity contribution < 1.29 is 17.9 Å². The van der Waals surface area contributed by atoms with Gasteiger partial charge in [0, 0.05) is 37.6 Å². The van der Waals surface area contributed by atoms with Crippen molar-refractivity contribution in [1.82, 2.24) is 22.9 Å². The first-order valence-electron chi connectivity index (χ1n) is 10.3. The van der Waals surface area contributed by atoms with Gasteiger partial charge in [-0.05, 0) is 37.3 Å². The van der Waals surface area contributed by atoms with Crippen LogP contribution >= 0.6 is 11.7 Å². The summed E-state index contributed by atoms with van der Waals surface area (Å²) in [5, 5.41) is 0.843. The second-order valence-corrected chi connectivity index (χ2v) is 10.2. The number of aromatic nitrogens is 3. The van der Waals surface area contributed by atoms with Gasteiger partial charge < -0.3 is 9.64 Å². The zero-order valence-electron chi connectivity index (χ0n) is 18.1. The predicted molar refractivity (Wildman–Crippen MR) is 125 cm³/mol. The zero-order valence-corrected chi connectivity index (χ0v) is 19.7. The summed E-state index contributed by atoms with van der Waals surface area (Å²) >= 11 is 0.987. The summed E-state index contributed by atoms with van der Waals surface area (Å²) in [6.45, 7) is 2.81. The molecule has 33 heavy (non-hydrogen) atoms. The number of amides is 1. The number of methoxy groups -OCH3 is 1. The van der Waals surface area contributed by atoms with Crippen molar-refractivity contribution >= 4 is 49.6 Å². The third kappa shape index (κ3) is 3.81. The third-order valence-corrected chi connectivity index (χ3v) is 8.31. The van der Waals surface area contributed by atoms with Crippen LogP contribution in [0.3, 0.4) is 0 Å². The number of carbonyl (C=O) groups excluding carboxylic acids is 1. The number of carbonyl (C=O) groups is 1. The van der Waals surface area contributed by atoms with Gasteiger partial charge in [0.1, 0.15) is 21.7 Å². The number of piperazine rings is 1. The number of hydrogen-bond donors (Lipinski definition) is 0. The van der Waals surface area contributed by atoms with Crippen molar-refractivity contribution in [2.45, 2.75) is 11.8 Å². The molecule has 3 heterocycles. The van der Waals surface area contributed by atoms with Crippen LogP contribution in [-0.2, 0) is 10.0 Å². The van der Waals surface area contributed by atoms with Gasteiger partial charge in [0.25, 0.3) is 5.91 Å². The van der Waals surface area contributed by atoms with Gasteiger partial charge in [-0.2, -0.15) is 13.1 Å². The van der Waals surface area contributed by atoms with Crippen molar-refractivity contribution in [2.24, 2.45) is 0 Å². The highest BCUT2D eigenvalue weighted by Gasteiger charge is 2.32. The van der Waals surface area contributed by atoms with Crippen LogP contribution in [0.15, 0.2) is 47.4 Å². The van der Waals surface area contributed by atoms with Crippen molar-refractivity contribution in [3.8, 4) is 5.75 Å². The van der Waals surface area contributed by atoms with E-state index in [4.69, 9.17) is 4.74 Å². The maximum absolute atomic E-state index is 13.2. The fraction of sp³-hybridized carbons (Fsp3) is 0.273. The molecule has 0 aliphatic carbocycles. The van der Waals surface area contributed by atoms with E-state index in [0.29, 0.717) is 41.1 Å². The summed E-state index contributed by atoms with van der Waals surface area (Å²) in [7, 11) is -2.14. The molecule has 4 aromatic rings. The maximum atomic E-state index is 13.2. The minimum atomic E-state index is -3.74. The van der Waals surface area contributed by atoms with Gasteiger partial charge in [-0.3, -0.25) is 9.78 Å². The molecule has 11 heteroatoms. The van der Waals surface area contributed by atoms with Gasteiger partial charge in [-0.15, -0.1) is 0 Å². The Balaban J connectivity index is 1.35. The highest BCUT2D eigenvalue weighted by atomic mass is 32.2. The number of ether oxygens (including phenoxy) is 1. The van der Waals surface area contributed by atoms with Crippen LogP contribution in [-0.4, -0.2) is 70.5 Å². The Morgan fingerprint density at radius 2 is 1.82 bits per heavy atom. The third-order valence-electron chi connectivity index (χ3n) is 5.84. The molecule has 1 aliphatic rings. The molecule has 9 nitrogen and oxygen atoms in total. The average molecular weight is 484 g/mol. The molecule has 2 aromatic carbocycles. The van der Waals surface area contributed by atoms with E-state index in [9.17, 15) is 13.2 Å². The highest BCUT2D eigenvalue weighted by molar-refractivity contribution is 7.89. The molecule has 0 bridgehead atoms. The Bertz CT molecular complexity index is 1480. The van der Waals surface area contributed by atoms with Crippen LogP contribution < -0.4 is 4.74 Å². The molecular weight excluding hydrogens is 462 g/mol. The molecule has 0 radical (unpaired) electrons. The van der Waals surface area contributed by atoms with E-state index >= 15 is 0 Å². The number of fused-ring (bicyclic) bond motifs is 2. The van der Waals surface area contributed by atoms with Crippen LogP contribution in [0.5, 0.6) is 5.75 Å². The smallest absolute Gasteiger partial charge is 0.255 e. The SMILES string of the molecule is COc1ccc2cc(C(=O)N3CCN(S(=O)(=O)c4cccc5nsnc45)CC3)c(C)nc2c1. The van der Waals surface area contributed by atoms with Crippen LogP contribution in [0, 0.1) is 6.92 Å². The summed E-state index contributed by atoms with van der Waals surface area (Å²) in [6.07, 6.45) is 0. The average Bonchev–Trinajstić information content (AvgIpc) is 3.32. The van der Waals surface area contributed by atoms with E-state index < -0.39 is 10.0 Å². The lowest BCUT2D eigenvalue weighted by atomic mass is 10.1. The second kappa shape index (κ2) is 8.32. The Morgan fingerprint density at radius 1 is 1.03 bits per heavy atom. The molecule has 0 unspecified atom stereocenters. The predicted octanol–water partition coefficient (Wildman–Crippen LogP) is 2.70. The standard InChI is InChI=1S/C22H21N5O4S2/c1-14-17(12-15-6-7-16(31-2)13-19(15)23-14)22(28)26-8-10-27(11-9-26)33(29,30)20-5-3-4-18-21(20)25-32-24-18/h3-7,12-13H,8-11H2,1-2H3. The zero-order chi connectivity index (χ0) is 23.2. The minimum Gasteiger partial charge on any atom is -0.497 e. The maximum Gasteiger partial charge on any atom is 0.255 e. The molecule has 1 amide bonds. The van der Waals surface area contributed by atoms with Crippen molar-refractivity contribution in [2.75, 3.05) is 33.3 Å². The Labute approximate surface area is 195 Å². The molecule has 2 aromatic heterocycles. The van der Waals surface area contributed by atoms with Gasteiger partial charge in [0.05, 0.1) is 35.6 Å². The van der Waals surface area contributed by atoms with E-state index in [1.54, 1.807) is 37.1 Å². The Hall–Kier alpha value is -3.15. The molecular formula is C22H21N5O4S2. The molecule has 0 N–H and O–H groups in total. The lowest BCUT2D eigenvalue weighted by Crippen LogP contribution is -2.50. The normalized spacial score (nSPS) is 15.3. The van der Waals surface area contributed by atoms with E-state index in [0.717, 1.165) is 22.6 Å². The topological polar surface area (TPSA) is 106 Å². The summed E-state index contributed by atoms with van der Waals surface area (Å²) in [4.78, 5) is 19.6. The van der Waals surface area contributed by atoms with Crippen LogP contribution in [0.4, 0.5) is 0 Å². The van der Waals surface area contributed by atoms with E-state index in [-0.39, 0.29) is 23.9 Å². The molecule has 0 atom stereocenters. The number of rotatable bonds is 4. The van der Waals surface area contributed by atoms with E-state index in [2.05, 4.69) is 13.7 Å². The fourth-order valence-electron chi connectivity index (χ4n) is 4.02. The van der Waals surface area contributed by atoms with E-state index in [1.807, 2.05) is 24.3 Å². The molecule has 0 spiro atoms. The molecule has 1 fully saturated rings. The van der Waals surface area contributed by atoms with Crippen molar-refractivity contribution in [3.63, 3.8) is 0 Å². The quantitative estimate of drug-likeness (QED) is 0.439. The fourth-order valence-corrected chi connectivity index (χ4v) is 6.19. The number of sulfonamides is 1.